The Kier molecular flexibility index (Phi) is 9.48. The zero-order valence-corrected chi connectivity index (χ0v) is 23.2. The van der Waals surface area contributed by atoms with Gasteiger partial charge in [0.1, 0.15) is 12.3 Å². The van der Waals surface area contributed by atoms with Crippen molar-refractivity contribution in [3.8, 4) is 5.75 Å². The number of carbonyl (C=O) groups excluding carboxylic acids is 3. The second kappa shape index (κ2) is 12.6. The summed E-state index contributed by atoms with van der Waals surface area (Å²) in [6.07, 6.45) is 0. The number of amides is 1. The van der Waals surface area contributed by atoms with Gasteiger partial charge in [0.15, 0.2) is 0 Å². The molecular weight excluding hydrogens is 580 g/mol. The molecule has 3 aromatic carbocycles. The summed E-state index contributed by atoms with van der Waals surface area (Å²) >= 11 is 3.28. The fraction of sp³-hybridized carbons (Fsp3) is 0.192. The van der Waals surface area contributed by atoms with Crippen LogP contribution in [0.25, 0.3) is 0 Å². The number of nitrogens with zero attached hydrogens (tertiary/aromatic N) is 1. The summed E-state index contributed by atoms with van der Waals surface area (Å²) < 4.78 is 43.7. The first-order valence-corrected chi connectivity index (χ1v) is 13.5. The molecule has 0 radical (unpaired) electrons. The second-order valence-corrected chi connectivity index (χ2v) is 10.5. The largest absolute Gasteiger partial charge is 0.494 e. The quantitative estimate of drug-likeness (QED) is 0.340. The van der Waals surface area contributed by atoms with Crippen LogP contribution in [0.15, 0.2) is 76.1 Å². The molecule has 12 heteroatoms. The lowest BCUT2D eigenvalue weighted by Crippen LogP contribution is -2.38. The normalized spacial score (nSPS) is 10.8. The molecule has 0 aliphatic heterocycles. The first-order chi connectivity index (χ1) is 18.1. The Labute approximate surface area is 228 Å². The van der Waals surface area contributed by atoms with Gasteiger partial charge >= 0.3 is 11.9 Å². The molecule has 0 bridgehead atoms. The van der Waals surface area contributed by atoms with Gasteiger partial charge in [0.2, 0.25) is 5.91 Å². The van der Waals surface area contributed by atoms with Gasteiger partial charge in [0.25, 0.3) is 10.0 Å². The van der Waals surface area contributed by atoms with E-state index in [0.29, 0.717) is 16.8 Å². The standard InChI is InChI=1S/C26H25BrN2O8S/c1-4-37-20-10-8-19(9-11-20)29(38(33,34)21-12-6-18(27)7-13-21)16-24(30)28-23-15-17(25(31)35-2)5-14-22(23)26(32)36-3/h5-15H,4,16H2,1-3H3,(H,28,30). The van der Waals surface area contributed by atoms with Crippen LogP contribution in [0, 0.1) is 0 Å². The van der Waals surface area contributed by atoms with Gasteiger partial charge in [-0.1, -0.05) is 15.9 Å². The molecule has 3 aromatic rings. The molecule has 10 nitrogen and oxygen atoms in total. The Morgan fingerprint density at radius 3 is 2.11 bits per heavy atom. The number of methoxy groups -OCH3 is 2. The van der Waals surface area contributed by atoms with E-state index in [-0.39, 0.29) is 27.4 Å². The summed E-state index contributed by atoms with van der Waals surface area (Å²) in [5.74, 6) is -1.69. The molecule has 0 atom stereocenters. The van der Waals surface area contributed by atoms with Crippen LogP contribution in [-0.4, -0.2) is 53.6 Å². The average molecular weight is 605 g/mol. The van der Waals surface area contributed by atoms with Gasteiger partial charge in [-0.05, 0) is 73.7 Å². The van der Waals surface area contributed by atoms with Crippen LogP contribution in [0.4, 0.5) is 11.4 Å². The van der Waals surface area contributed by atoms with Crippen LogP contribution in [-0.2, 0) is 24.3 Å². The van der Waals surface area contributed by atoms with E-state index in [0.717, 1.165) is 4.31 Å². The lowest BCUT2D eigenvalue weighted by molar-refractivity contribution is -0.114. The molecule has 1 amide bonds. The predicted molar refractivity (Wildman–Crippen MR) is 144 cm³/mol. The molecule has 0 aliphatic rings. The first-order valence-electron chi connectivity index (χ1n) is 11.2. The van der Waals surface area contributed by atoms with E-state index in [1.54, 1.807) is 24.3 Å². The molecule has 0 spiro atoms. The molecule has 0 aliphatic carbocycles. The molecule has 0 aromatic heterocycles. The maximum Gasteiger partial charge on any atom is 0.339 e. The Morgan fingerprint density at radius 1 is 0.895 bits per heavy atom. The number of rotatable bonds is 10. The highest BCUT2D eigenvalue weighted by Gasteiger charge is 2.28. The fourth-order valence-corrected chi connectivity index (χ4v) is 5.11. The van der Waals surface area contributed by atoms with Crippen molar-refractivity contribution in [2.75, 3.05) is 37.0 Å². The van der Waals surface area contributed by atoms with Gasteiger partial charge in [-0.25, -0.2) is 18.0 Å². The highest BCUT2D eigenvalue weighted by atomic mass is 79.9. The number of hydrogen-bond acceptors (Lipinski definition) is 8. The van der Waals surface area contributed by atoms with E-state index >= 15 is 0 Å². The van der Waals surface area contributed by atoms with E-state index < -0.39 is 34.4 Å². The predicted octanol–water partition coefficient (Wildman–Crippen LogP) is 4.26. The number of carbonyl (C=O) groups is 3. The summed E-state index contributed by atoms with van der Waals surface area (Å²) in [5, 5.41) is 2.52. The van der Waals surface area contributed by atoms with Crippen LogP contribution in [0.1, 0.15) is 27.6 Å². The van der Waals surface area contributed by atoms with E-state index in [1.165, 1.54) is 56.7 Å². The molecule has 0 heterocycles. The zero-order chi connectivity index (χ0) is 27.9. The van der Waals surface area contributed by atoms with Gasteiger partial charge in [0.05, 0.1) is 48.2 Å². The summed E-state index contributed by atoms with van der Waals surface area (Å²) in [5.41, 5.74) is 0.207. The second-order valence-electron chi connectivity index (χ2n) is 7.68. The number of hydrogen-bond donors (Lipinski definition) is 1. The Balaban J connectivity index is 2.00. The number of nitrogens with one attached hydrogen (secondary N) is 1. The number of ether oxygens (including phenoxy) is 3. The smallest absolute Gasteiger partial charge is 0.339 e. The molecule has 200 valence electrons. The number of anilines is 2. The van der Waals surface area contributed by atoms with Crippen LogP contribution in [0.3, 0.4) is 0 Å². The topological polar surface area (TPSA) is 128 Å². The monoisotopic (exact) mass is 604 g/mol. The zero-order valence-electron chi connectivity index (χ0n) is 20.8. The summed E-state index contributed by atoms with van der Waals surface area (Å²) in [6, 6.07) is 16.1. The Hall–Kier alpha value is -3.90. The van der Waals surface area contributed by atoms with Gasteiger partial charge in [-0.2, -0.15) is 0 Å². The maximum absolute atomic E-state index is 13.6. The first kappa shape index (κ1) is 28.7. The average Bonchev–Trinajstić information content (AvgIpc) is 2.91. The van der Waals surface area contributed by atoms with Gasteiger partial charge in [0, 0.05) is 4.47 Å². The van der Waals surface area contributed by atoms with Gasteiger partial charge in [-0.3, -0.25) is 9.10 Å². The van der Waals surface area contributed by atoms with Crippen molar-refractivity contribution in [3.63, 3.8) is 0 Å². The number of benzene rings is 3. The minimum Gasteiger partial charge on any atom is -0.494 e. The highest BCUT2D eigenvalue weighted by molar-refractivity contribution is 9.10. The van der Waals surface area contributed by atoms with E-state index in [1.807, 2.05) is 6.92 Å². The summed E-state index contributed by atoms with van der Waals surface area (Å²) in [4.78, 5) is 37.4. The molecule has 0 saturated carbocycles. The highest BCUT2D eigenvalue weighted by Crippen LogP contribution is 2.27. The third kappa shape index (κ3) is 6.69. The Morgan fingerprint density at radius 2 is 1.53 bits per heavy atom. The third-order valence-electron chi connectivity index (χ3n) is 5.24. The van der Waals surface area contributed by atoms with Crippen molar-refractivity contribution in [1.82, 2.24) is 0 Å². The molecule has 38 heavy (non-hydrogen) atoms. The summed E-state index contributed by atoms with van der Waals surface area (Å²) in [6.45, 7) is 1.60. The third-order valence-corrected chi connectivity index (χ3v) is 7.56. The Bertz CT molecular complexity index is 1420. The van der Waals surface area contributed by atoms with E-state index in [4.69, 9.17) is 14.2 Å². The number of halogens is 1. The van der Waals surface area contributed by atoms with Crippen LogP contribution in [0.5, 0.6) is 5.75 Å². The van der Waals surface area contributed by atoms with Crippen molar-refractivity contribution >= 4 is 55.2 Å². The fourth-order valence-electron chi connectivity index (χ4n) is 3.42. The molecule has 0 fully saturated rings. The number of sulfonamides is 1. The molecule has 0 saturated heterocycles. The van der Waals surface area contributed by atoms with E-state index in [9.17, 15) is 22.8 Å². The van der Waals surface area contributed by atoms with E-state index in [2.05, 4.69) is 21.2 Å². The lowest BCUT2D eigenvalue weighted by Gasteiger charge is -2.24. The van der Waals surface area contributed by atoms with Crippen LogP contribution < -0.4 is 14.4 Å². The van der Waals surface area contributed by atoms with Crippen LogP contribution >= 0.6 is 15.9 Å². The molecule has 3 rings (SSSR count). The van der Waals surface area contributed by atoms with Crippen molar-refractivity contribution in [1.29, 1.82) is 0 Å². The molecule has 1 N–H and O–H groups in total. The minimum absolute atomic E-state index is 0.0307. The maximum atomic E-state index is 13.6. The van der Waals surface area contributed by atoms with Crippen LogP contribution in [0.2, 0.25) is 0 Å². The van der Waals surface area contributed by atoms with Crippen molar-refractivity contribution in [2.45, 2.75) is 11.8 Å². The summed E-state index contributed by atoms with van der Waals surface area (Å²) in [7, 11) is -1.84. The van der Waals surface area contributed by atoms with Crippen molar-refractivity contribution < 1.29 is 37.0 Å². The van der Waals surface area contributed by atoms with Crippen molar-refractivity contribution in [3.05, 3.63) is 82.3 Å². The molecule has 0 unspecified atom stereocenters. The number of esters is 2. The SMILES string of the molecule is CCOc1ccc(N(CC(=O)Nc2cc(C(=O)OC)ccc2C(=O)OC)S(=O)(=O)c2ccc(Br)cc2)cc1. The van der Waals surface area contributed by atoms with Crippen molar-refractivity contribution in [2.24, 2.45) is 0 Å². The van der Waals surface area contributed by atoms with Gasteiger partial charge in [-0.15, -0.1) is 0 Å². The molecular formula is C26H25BrN2O8S. The lowest BCUT2D eigenvalue weighted by atomic mass is 10.1. The van der Waals surface area contributed by atoms with Gasteiger partial charge < -0.3 is 19.5 Å². The minimum atomic E-state index is -4.19.